The van der Waals surface area contributed by atoms with E-state index in [0.717, 1.165) is 36.2 Å². The molecule has 0 heterocycles. The van der Waals surface area contributed by atoms with E-state index in [0.29, 0.717) is 11.5 Å². The second-order valence-electron chi connectivity index (χ2n) is 10.9. The first-order valence-electron chi connectivity index (χ1n) is 13.4. The minimum absolute atomic E-state index is 0.343. The SMILES string of the molecule is CCCCC[C@H]1CC[C@H]([C@H]2CC[C@H](c3ccc(CCC(F)(F)C(F)(F)C(F)(F)F)cc3)CC2)CC1. The minimum atomic E-state index is -6.27. The van der Waals surface area contributed by atoms with E-state index < -0.39 is 30.9 Å². The first-order valence-corrected chi connectivity index (χ1v) is 13.4. The molecule has 0 saturated heterocycles. The topological polar surface area (TPSA) is 0 Å². The van der Waals surface area contributed by atoms with Gasteiger partial charge in [-0.3, -0.25) is 0 Å². The number of benzene rings is 1. The van der Waals surface area contributed by atoms with Gasteiger partial charge in [0.15, 0.2) is 0 Å². The quantitative estimate of drug-likeness (QED) is 0.218. The molecule has 1 aromatic carbocycles. The van der Waals surface area contributed by atoms with Crippen molar-refractivity contribution in [2.75, 3.05) is 0 Å². The summed E-state index contributed by atoms with van der Waals surface area (Å²) in [5.41, 5.74) is 1.44. The summed E-state index contributed by atoms with van der Waals surface area (Å²) in [6.07, 6.45) is 6.96. The molecule has 2 fully saturated rings. The third kappa shape index (κ3) is 7.15. The molecule has 35 heavy (non-hydrogen) atoms. The highest BCUT2D eigenvalue weighted by molar-refractivity contribution is 5.26. The van der Waals surface area contributed by atoms with Crippen molar-refractivity contribution in [3.63, 3.8) is 0 Å². The van der Waals surface area contributed by atoms with Gasteiger partial charge < -0.3 is 0 Å². The summed E-state index contributed by atoms with van der Waals surface area (Å²) in [5, 5.41) is 0. The van der Waals surface area contributed by atoms with E-state index in [4.69, 9.17) is 0 Å². The van der Waals surface area contributed by atoms with Crippen LogP contribution in [0.25, 0.3) is 0 Å². The van der Waals surface area contributed by atoms with Crippen LogP contribution in [0.4, 0.5) is 30.7 Å². The highest BCUT2D eigenvalue weighted by Gasteiger charge is 2.72. The average Bonchev–Trinajstić information content (AvgIpc) is 2.83. The molecule has 0 amide bonds. The van der Waals surface area contributed by atoms with Crippen LogP contribution in [0.1, 0.15) is 107 Å². The molecule has 2 aliphatic rings. The highest BCUT2D eigenvalue weighted by Crippen LogP contribution is 2.48. The summed E-state index contributed by atoms with van der Waals surface area (Å²) in [6.45, 7) is 2.25. The standard InChI is InChI=1S/C28H39F7/c1-2-3-4-5-20-6-10-22(11-7-20)24-14-16-25(17-15-24)23-12-8-21(9-13-23)18-19-26(29,30)27(31,32)28(33,34)35/h8-9,12-13,20,22,24-25H,2-7,10-11,14-19H2,1H3/t20-,22-,24-,25-. The van der Waals surface area contributed by atoms with Gasteiger partial charge in [0, 0.05) is 6.42 Å². The summed E-state index contributed by atoms with van der Waals surface area (Å²) >= 11 is 0. The van der Waals surface area contributed by atoms with E-state index >= 15 is 0 Å². The van der Waals surface area contributed by atoms with Crippen molar-refractivity contribution in [2.45, 2.75) is 121 Å². The Bertz CT molecular complexity index is 753. The largest absolute Gasteiger partial charge is 0.459 e. The third-order valence-electron chi connectivity index (χ3n) is 8.54. The van der Waals surface area contributed by atoms with Gasteiger partial charge in [0.05, 0.1) is 0 Å². The molecule has 0 aromatic heterocycles. The molecule has 7 heteroatoms. The minimum Gasteiger partial charge on any atom is -0.199 e. The zero-order chi connectivity index (χ0) is 25.7. The van der Waals surface area contributed by atoms with Gasteiger partial charge in [0.2, 0.25) is 0 Å². The Kier molecular flexibility index (Phi) is 9.58. The van der Waals surface area contributed by atoms with Crippen LogP contribution < -0.4 is 0 Å². The Labute approximate surface area is 205 Å². The molecular weight excluding hydrogens is 469 g/mol. The van der Waals surface area contributed by atoms with Crippen molar-refractivity contribution < 1.29 is 30.7 Å². The predicted octanol–water partition coefficient (Wildman–Crippen LogP) is 10.1. The molecule has 0 atom stereocenters. The van der Waals surface area contributed by atoms with Crippen molar-refractivity contribution in [3.8, 4) is 0 Å². The van der Waals surface area contributed by atoms with Gasteiger partial charge >= 0.3 is 18.0 Å². The molecular formula is C28H39F7. The second kappa shape index (κ2) is 11.9. The van der Waals surface area contributed by atoms with Crippen molar-refractivity contribution in [1.82, 2.24) is 0 Å². The molecule has 0 bridgehead atoms. The summed E-state index contributed by atoms with van der Waals surface area (Å²) in [4.78, 5) is 0. The second-order valence-corrected chi connectivity index (χ2v) is 10.9. The molecule has 0 aliphatic heterocycles. The molecule has 0 N–H and O–H groups in total. The molecule has 3 rings (SSSR count). The smallest absolute Gasteiger partial charge is 0.199 e. The Morgan fingerprint density at radius 1 is 0.714 bits per heavy atom. The van der Waals surface area contributed by atoms with Crippen LogP contribution >= 0.6 is 0 Å². The third-order valence-corrected chi connectivity index (χ3v) is 8.54. The molecule has 0 nitrogen and oxygen atoms in total. The summed E-state index contributed by atoms with van der Waals surface area (Å²) in [5.74, 6) is -8.27. The lowest BCUT2D eigenvalue weighted by Crippen LogP contribution is -2.52. The fraction of sp³-hybridized carbons (Fsp3) is 0.786. The Hall–Kier alpha value is -1.27. The van der Waals surface area contributed by atoms with Crippen LogP contribution in [0.2, 0.25) is 0 Å². The van der Waals surface area contributed by atoms with Crippen LogP contribution in [0.15, 0.2) is 24.3 Å². The van der Waals surface area contributed by atoms with Gasteiger partial charge in [-0.25, -0.2) is 0 Å². The number of hydrogen-bond acceptors (Lipinski definition) is 0. The van der Waals surface area contributed by atoms with Gasteiger partial charge in [-0.15, -0.1) is 0 Å². The normalized spacial score (nSPS) is 26.6. The molecule has 2 aliphatic carbocycles. The Morgan fingerprint density at radius 2 is 1.26 bits per heavy atom. The van der Waals surface area contributed by atoms with E-state index in [1.54, 1.807) is 12.1 Å². The van der Waals surface area contributed by atoms with Crippen LogP contribution in [0, 0.1) is 17.8 Å². The maximum atomic E-state index is 13.6. The summed E-state index contributed by atoms with van der Waals surface area (Å²) in [7, 11) is 0. The number of aryl methyl sites for hydroxylation is 1. The van der Waals surface area contributed by atoms with Gasteiger partial charge in [0.1, 0.15) is 0 Å². The highest BCUT2D eigenvalue weighted by atomic mass is 19.4. The Morgan fingerprint density at radius 3 is 1.77 bits per heavy atom. The average molecular weight is 509 g/mol. The van der Waals surface area contributed by atoms with E-state index in [-0.39, 0.29) is 0 Å². The molecule has 0 unspecified atom stereocenters. The maximum absolute atomic E-state index is 13.6. The van der Waals surface area contributed by atoms with E-state index in [1.165, 1.54) is 64.2 Å². The van der Waals surface area contributed by atoms with Gasteiger partial charge in [-0.1, -0.05) is 69.7 Å². The lowest BCUT2D eigenvalue weighted by atomic mass is 9.68. The first kappa shape index (κ1) is 28.3. The van der Waals surface area contributed by atoms with E-state index in [2.05, 4.69) is 6.92 Å². The van der Waals surface area contributed by atoms with E-state index in [1.807, 2.05) is 12.1 Å². The maximum Gasteiger partial charge on any atom is 0.459 e. The zero-order valence-corrected chi connectivity index (χ0v) is 20.7. The van der Waals surface area contributed by atoms with E-state index in [9.17, 15) is 30.7 Å². The van der Waals surface area contributed by atoms with Gasteiger partial charge in [-0.2, -0.15) is 30.7 Å². The molecule has 1 aromatic rings. The Balaban J connectivity index is 1.43. The molecule has 2 saturated carbocycles. The molecule has 0 radical (unpaired) electrons. The van der Waals surface area contributed by atoms with Crippen molar-refractivity contribution in [3.05, 3.63) is 35.4 Å². The number of hydrogen-bond donors (Lipinski definition) is 0. The van der Waals surface area contributed by atoms with Gasteiger partial charge in [-0.05, 0) is 79.7 Å². The number of rotatable bonds is 10. The van der Waals surface area contributed by atoms with Crippen molar-refractivity contribution >= 4 is 0 Å². The number of unbranched alkanes of at least 4 members (excludes halogenated alkanes) is 2. The van der Waals surface area contributed by atoms with Crippen LogP contribution in [-0.2, 0) is 6.42 Å². The fourth-order valence-electron chi connectivity index (χ4n) is 6.18. The molecule has 0 spiro atoms. The van der Waals surface area contributed by atoms with Gasteiger partial charge in [0.25, 0.3) is 0 Å². The van der Waals surface area contributed by atoms with Crippen molar-refractivity contribution in [1.29, 1.82) is 0 Å². The summed E-state index contributed by atoms with van der Waals surface area (Å²) < 4.78 is 90.2. The van der Waals surface area contributed by atoms with Crippen LogP contribution in [-0.4, -0.2) is 18.0 Å². The van der Waals surface area contributed by atoms with Crippen LogP contribution in [0.5, 0.6) is 0 Å². The number of alkyl halides is 7. The lowest BCUT2D eigenvalue weighted by Gasteiger charge is -2.38. The van der Waals surface area contributed by atoms with Crippen LogP contribution in [0.3, 0.4) is 0 Å². The lowest BCUT2D eigenvalue weighted by molar-refractivity contribution is -0.355. The first-order chi connectivity index (χ1) is 16.4. The number of halogens is 7. The predicted molar refractivity (Wildman–Crippen MR) is 125 cm³/mol. The monoisotopic (exact) mass is 508 g/mol. The summed E-state index contributed by atoms with van der Waals surface area (Å²) in [6, 6.07) is 6.82. The van der Waals surface area contributed by atoms with Crippen molar-refractivity contribution in [2.24, 2.45) is 17.8 Å². The fourth-order valence-corrected chi connectivity index (χ4v) is 6.18. The zero-order valence-electron chi connectivity index (χ0n) is 20.7. The molecule has 200 valence electrons.